The molecule has 0 aliphatic carbocycles. The fourth-order valence-electron chi connectivity index (χ4n) is 4.49. The number of imide groups is 1. The highest BCUT2D eigenvalue weighted by atomic mass is 32.2. The maximum atomic E-state index is 13.2. The molecular formula is C31H23N3O4S. The van der Waals surface area contributed by atoms with Crippen molar-refractivity contribution in [3.63, 3.8) is 0 Å². The highest BCUT2D eigenvalue weighted by Gasteiger charge is 2.40. The number of amides is 3. The summed E-state index contributed by atoms with van der Waals surface area (Å²) in [5.74, 6) is -0.201. The van der Waals surface area contributed by atoms with Gasteiger partial charge in [-0.2, -0.15) is 0 Å². The SMILES string of the molecule is Cc1cccc(C(=O)Nc2ccc(SC3CC(=O)N(c4ccc(-c5nc6ccccc6o5)cc4)C3=O)cc2)c1. The summed E-state index contributed by atoms with van der Waals surface area (Å²) in [5, 5.41) is 2.36. The van der Waals surface area contributed by atoms with Gasteiger partial charge in [-0.15, -0.1) is 11.8 Å². The Kier molecular flexibility index (Phi) is 6.46. The van der Waals surface area contributed by atoms with Crippen LogP contribution in [0.15, 0.2) is 106 Å². The molecule has 192 valence electrons. The molecule has 1 fully saturated rings. The molecule has 1 aliphatic rings. The standard InChI is InChI=1S/C31H23N3O4S/c1-19-5-4-6-21(17-19)29(36)32-22-11-15-24(16-12-22)39-27-18-28(35)34(31(27)37)23-13-9-20(10-14-23)30-33-25-7-2-3-8-26(25)38-30/h2-17,27H,18H2,1H3,(H,32,36). The Morgan fingerprint density at radius 2 is 1.72 bits per heavy atom. The molecule has 0 saturated carbocycles. The molecule has 1 aromatic heterocycles. The van der Waals surface area contributed by atoms with E-state index in [4.69, 9.17) is 4.42 Å². The Balaban J connectivity index is 1.11. The highest BCUT2D eigenvalue weighted by Crippen LogP contribution is 2.35. The Morgan fingerprint density at radius 3 is 2.46 bits per heavy atom. The van der Waals surface area contributed by atoms with E-state index in [2.05, 4.69) is 10.3 Å². The van der Waals surface area contributed by atoms with E-state index >= 15 is 0 Å². The lowest BCUT2D eigenvalue weighted by atomic mass is 10.1. The van der Waals surface area contributed by atoms with Crippen LogP contribution in [0.4, 0.5) is 11.4 Å². The van der Waals surface area contributed by atoms with Crippen LogP contribution < -0.4 is 10.2 Å². The Bertz CT molecular complexity index is 1680. The number of nitrogens with one attached hydrogen (secondary N) is 1. The molecule has 7 nitrogen and oxygen atoms in total. The molecule has 6 rings (SSSR count). The van der Waals surface area contributed by atoms with Crippen LogP contribution in [0.2, 0.25) is 0 Å². The van der Waals surface area contributed by atoms with Gasteiger partial charge in [0.25, 0.3) is 5.91 Å². The second kappa shape index (κ2) is 10.2. The van der Waals surface area contributed by atoms with Crippen LogP contribution in [0.5, 0.6) is 0 Å². The number of aryl methyl sites for hydroxylation is 1. The van der Waals surface area contributed by atoms with Gasteiger partial charge in [0.1, 0.15) is 5.52 Å². The number of oxazole rings is 1. The van der Waals surface area contributed by atoms with Crippen LogP contribution in [-0.2, 0) is 9.59 Å². The number of fused-ring (bicyclic) bond motifs is 1. The first-order valence-electron chi connectivity index (χ1n) is 12.4. The zero-order chi connectivity index (χ0) is 26.9. The summed E-state index contributed by atoms with van der Waals surface area (Å²) >= 11 is 1.34. The minimum absolute atomic E-state index is 0.113. The molecule has 0 bridgehead atoms. The second-order valence-corrected chi connectivity index (χ2v) is 10.5. The largest absolute Gasteiger partial charge is 0.436 e. The van der Waals surface area contributed by atoms with E-state index in [9.17, 15) is 14.4 Å². The highest BCUT2D eigenvalue weighted by molar-refractivity contribution is 8.00. The van der Waals surface area contributed by atoms with Crippen LogP contribution >= 0.6 is 11.8 Å². The molecule has 1 atom stereocenters. The van der Waals surface area contributed by atoms with Crippen molar-refractivity contribution in [2.75, 3.05) is 10.2 Å². The van der Waals surface area contributed by atoms with Gasteiger partial charge in [-0.05, 0) is 79.7 Å². The zero-order valence-corrected chi connectivity index (χ0v) is 21.8. The van der Waals surface area contributed by atoms with Gasteiger partial charge in [-0.25, -0.2) is 9.88 Å². The van der Waals surface area contributed by atoms with Gasteiger partial charge in [0.15, 0.2) is 5.58 Å². The molecule has 1 saturated heterocycles. The van der Waals surface area contributed by atoms with Crippen LogP contribution in [0.3, 0.4) is 0 Å². The van der Waals surface area contributed by atoms with Crippen LogP contribution in [0.1, 0.15) is 22.3 Å². The number of thioether (sulfide) groups is 1. The number of nitrogens with zero attached hydrogens (tertiary/aromatic N) is 2. The summed E-state index contributed by atoms with van der Waals surface area (Å²) in [6.45, 7) is 1.94. The van der Waals surface area contributed by atoms with Crippen molar-refractivity contribution >= 4 is 52.0 Å². The number of para-hydroxylation sites is 2. The van der Waals surface area contributed by atoms with Crippen LogP contribution in [0, 0.1) is 6.92 Å². The van der Waals surface area contributed by atoms with Gasteiger partial charge in [-0.3, -0.25) is 14.4 Å². The van der Waals surface area contributed by atoms with E-state index in [-0.39, 0.29) is 24.1 Å². The molecule has 1 aliphatic heterocycles. The maximum absolute atomic E-state index is 13.2. The van der Waals surface area contributed by atoms with Gasteiger partial charge < -0.3 is 9.73 Å². The van der Waals surface area contributed by atoms with E-state index in [1.807, 2.05) is 61.5 Å². The number of hydrogen-bond donors (Lipinski definition) is 1. The molecule has 0 spiro atoms. The third-order valence-electron chi connectivity index (χ3n) is 6.44. The fraction of sp³-hybridized carbons (Fsp3) is 0.0968. The van der Waals surface area contributed by atoms with Crippen molar-refractivity contribution in [3.05, 3.63) is 108 Å². The lowest BCUT2D eigenvalue weighted by Crippen LogP contribution is -2.31. The first-order valence-corrected chi connectivity index (χ1v) is 13.3. The monoisotopic (exact) mass is 533 g/mol. The number of aromatic nitrogens is 1. The molecule has 4 aromatic carbocycles. The van der Waals surface area contributed by atoms with Crippen molar-refractivity contribution in [2.24, 2.45) is 0 Å². The summed E-state index contributed by atoms with van der Waals surface area (Å²) in [5.41, 5.74) is 4.99. The number of carbonyl (C=O) groups is 3. The van der Waals surface area contributed by atoms with Crippen molar-refractivity contribution in [1.82, 2.24) is 4.98 Å². The van der Waals surface area contributed by atoms with Gasteiger partial charge >= 0.3 is 0 Å². The normalized spacial score (nSPS) is 15.2. The van der Waals surface area contributed by atoms with Crippen molar-refractivity contribution in [1.29, 1.82) is 0 Å². The maximum Gasteiger partial charge on any atom is 0.255 e. The van der Waals surface area contributed by atoms with Gasteiger partial charge in [0.05, 0.1) is 10.9 Å². The summed E-state index contributed by atoms with van der Waals surface area (Å²) in [6, 6.07) is 29.2. The molecule has 39 heavy (non-hydrogen) atoms. The van der Waals surface area contributed by atoms with E-state index in [1.165, 1.54) is 16.7 Å². The van der Waals surface area contributed by atoms with E-state index in [0.29, 0.717) is 28.4 Å². The minimum atomic E-state index is -0.526. The molecule has 5 aromatic rings. The predicted molar refractivity (Wildman–Crippen MR) is 152 cm³/mol. The fourth-order valence-corrected chi connectivity index (χ4v) is 5.54. The van der Waals surface area contributed by atoms with E-state index in [1.54, 1.807) is 42.5 Å². The van der Waals surface area contributed by atoms with E-state index < -0.39 is 5.25 Å². The molecule has 3 amide bonds. The summed E-state index contributed by atoms with van der Waals surface area (Å²) in [4.78, 5) is 45.1. The minimum Gasteiger partial charge on any atom is -0.436 e. The predicted octanol–water partition coefficient (Wildman–Crippen LogP) is 6.48. The summed E-state index contributed by atoms with van der Waals surface area (Å²) in [7, 11) is 0. The molecule has 8 heteroatoms. The first-order chi connectivity index (χ1) is 18.9. The van der Waals surface area contributed by atoms with E-state index in [0.717, 1.165) is 21.5 Å². The number of carbonyl (C=O) groups excluding carboxylic acids is 3. The number of rotatable bonds is 6. The number of benzene rings is 4. The number of hydrogen-bond acceptors (Lipinski definition) is 6. The topological polar surface area (TPSA) is 92.5 Å². The molecular weight excluding hydrogens is 510 g/mol. The van der Waals surface area contributed by atoms with Crippen molar-refractivity contribution in [3.8, 4) is 11.5 Å². The van der Waals surface area contributed by atoms with Crippen LogP contribution in [0.25, 0.3) is 22.6 Å². The average Bonchev–Trinajstić information content (AvgIpc) is 3.50. The molecule has 0 radical (unpaired) electrons. The van der Waals surface area contributed by atoms with Gasteiger partial charge in [0.2, 0.25) is 17.7 Å². The zero-order valence-electron chi connectivity index (χ0n) is 21.0. The first kappa shape index (κ1) is 24.6. The van der Waals surface area contributed by atoms with Crippen molar-refractivity contribution < 1.29 is 18.8 Å². The summed E-state index contributed by atoms with van der Waals surface area (Å²) < 4.78 is 5.82. The third-order valence-corrected chi connectivity index (χ3v) is 7.64. The lowest BCUT2D eigenvalue weighted by Gasteiger charge is -2.15. The van der Waals surface area contributed by atoms with Gasteiger partial charge in [0, 0.05) is 28.1 Å². The lowest BCUT2D eigenvalue weighted by molar-refractivity contribution is -0.121. The molecule has 1 N–H and O–H groups in total. The smallest absolute Gasteiger partial charge is 0.255 e. The Hall–Kier alpha value is -4.69. The van der Waals surface area contributed by atoms with Crippen LogP contribution in [-0.4, -0.2) is 28.0 Å². The van der Waals surface area contributed by atoms with Crippen molar-refractivity contribution in [2.45, 2.75) is 23.5 Å². The molecule has 2 heterocycles. The number of anilines is 2. The average molecular weight is 534 g/mol. The Morgan fingerprint density at radius 1 is 0.949 bits per heavy atom. The summed E-state index contributed by atoms with van der Waals surface area (Å²) in [6.07, 6.45) is 0.113. The Labute approximate surface area is 228 Å². The van der Waals surface area contributed by atoms with Gasteiger partial charge in [-0.1, -0.05) is 29.8 Å². The quantitative estimate of drug-likeness (QED) is 0.251. The molecule has 1 unspecified atom stereocenters. The third kappa shape index (κ3) is 5.06. The second-order valence-electron chi connectivity index (χ2n) is 9.26.